The van der Waals surface area contributed by atoms with Gasteiger partial charge in [-0.15, -0.1) is 0 Å². The van der Waals surface area contributed by atoms with Crippen LogP contribution in [0.4, 0.5) is 0 Å². The lowest BCUT2D eigenvalue weighted by molar-refractivity contribution is -0.121. The fraction of sp³-hybridized carbons (Fsp3) is 0.667. The monoisotopic (exact) mass is 211 g/mol. The van der Waals surface area contributed by atoms with Crippen LogP contribution in [0.3, 0.4) is 0 Å². The molecular weight excluding hydrogens is 194 g/mol. The van der Waals surface area contributed by atoms with Crippen LogP contribution in [-0.4, -0.2) is 33.7 Å². The first-order chi connectivity index (χ1) is 7.22. The number of nitrogens with zero attached hydrogens (tertiary/aromatic N) is 2. The lowest BCUT2D eigenvalue weighted by Crippen LogP contribution is -2.32. The highest BCUT2D eigenvalue weighted by Gasteiger charge is 2.06. The largest absolute Gasteiger partial charge is 0.356 e. The summed E-state index contributed by atoms with van der Waals surface area (Å²) in [4.78, 5) is 15.3. The number of carbonyl (C=O) groups excluding carboxylic acids is 1. The van der Waals surface area contributed by atoms with Crippen molar-refractivity contribution in [3.63, 3.8) is 0 Å². The van der Waals surface area contributed by atoms with Crippen molar-refractivity contribution in [2.75, 3.05) is 6.54 Å². The van der Waals surface area contributed by atoms with E-state index in [-0.39, 0.29) is 11.9 Å². The van der Waals surface area contributed by atoms with E-state index >= 15 is 0 Å². The summed E-state index contributed by atoms with van der Waals surface area (Å²) in [7, 11) is 0. The first kappa shape index (κ1) is 11.6. The minimum Gasteiger partial charge on any atom is -0.356 e. The molecular formula is C9H17N5O. The molecule has 84 valence electrons. The molecule has 0 saturated carbocycles. The van der Waals surface area contributed by atoms with Crippen LogP contribution < -0.4 is 11.1 Å². The van der Waals surface area contributed by atoms with Crippen LogP contribution in [-0.2, 0) is 11.2 Å². The number of aromatic nitrogens is 3. The third-order valence-corrected chi connectivity index (χ3v) is 2.12. The van der Waals surface area contributed by atoms with E-state index in [4.69, 9.17) is 5.73 Å². The van der Waals surface area contributed by atoms with Crippen LogP contribution in [0.15, 0.2) is 6.33 Å². The lowest BCUT2D eigenvalue weighted by atomic mass is 10.1. The number of nitrogens with two attached hydrogens (primary N) is 1. The summed E-state index contributed by atoms with van der Waals surface area (Å²) in [5.41, 5.74) is 5.65. The standard InChI is InChI=1S/C9H17N5O/c1-2-7(10)5-9(15)11-4-3-8-12-6-13-14-8/h6-7H,2-5,10H2,1H3,(H,11,15)(H,12,13,14). The number of nitrogens with one attached hydrogen (secondary N) is 2. The van der Waals surface area contributed by atoms with E-state index < -0.39 is 0 Å². The van der Waals surface area contributed by atoms with E-state index in [0.717, 1.165) is 12.2 Å². The van der Waals surface area contributed by atoms with Gasteiger partial charge in [-0.25, -0.2) is 4.98 Å². The molecule has 0 fully saturated rings. The summed E-state index contributed by atoms with van der Waals surface area (Å²) < 4.78 is 0. The van der Waals surface area contributed by atoms with E-state index in [0.29, 0.717) is 19.4 Å². The average Bonchev–Trinajstić information content (AvgIpc) is 2.70. The summed E-state index contributed by atoms with van der Waals surface area (Å²) in [6, 6.07) is -0.0460. The topological polar surface area (TPSA) is 96.7 Å². The fourth-order valence-electron chi connectivity index (χ4n) is 1.13. The number of H-pyrrole nitrogens is 1. The van der Waals surface area contributed by atoms with Gasteiger partial charge in [0.05, 0.1) is 0 Å². The van der Waals surface area contributed by atoms with Crippen LogP contribution >= 0.6 is 0 Å². The molecule has 1 atom stereocenters. The molecule has 0 radical (unpaired) electrons. The maximum atomic E-state index is 11.3. The molecule has 0 aliphatic heterocycles. The van der Waals surface area contributed by atoms with Gasteiger partial charge in [0.1, 0.15) is 12.2 Å². The first-order valence-electron chi connectivity index (χ1n) is 5.09. The van der Waals surface area contributed by atoms with E-state index in [1.807, 2.05) is 6.92 Å². The molecule has 6 nitrogen and oxygen atoms in total. The zero-order chi connectivity index (χ0) is 11.1. The third-order valence-electron chi connectivity index (χ3n) is 2.12. The highest BCUT2D eigenvalue weighted by atomic mass is 16.1. The van der Waals surface area contributed by atoms with Gasteiger partial charge in [-0.3, -0.25) is 9.89 Å². The highest BCUT2D eigenvalue weighted by molar-refractivity contribution is 5.76. The molecule has 0 aliphatic rings. The van der Waals surface area contributed by atoms with Crippen molar-refractivity contribution in [3.05, 3.63) is 12.2 Å². The Morgan fingerprint density at radius 1 is 1.73 bits per heavy atom. The Morgan fingerprint density at radius 3 is 3.13 bits per heavy atom. The molecule has 0 spiro atoms. The molecule has 1 aromatic heterocycles. The van der Waals surface area contributed by atoms with Crippen molar-refractivity contribution in [3.8, 4) is 0 Å². The fourth-order valence-corrected chi connectivity index (χ4v) is 1.13. The van der Waals surface area contributed by atoms with Gasteiger partial charge in [0.15, 0.2) is 0 Å². The summed E-state index contributed by atoms with van der Waals surface area (Å²) in [6.07, 6.45) is 3.31. The maximum absolute atomic E-state index is 11.3. The zero-order valence-electron chi connectivity index (χ0n) is 8.86. The van der Waals surface area contributed by atoms with Crippen molar-refractivity contribution in [1.82, 2.24) is 20.5 Å². The Kier molecular flexibility index (Phi) is 4.76. The molecule has 1 rings (SSSR count). The maximum Gasteiger partial charge on any atom is 0.221 e. The predicted octanol–water partition coefficient (Wildman–Crippen LogP) is -0.409. The lowest BCUT2D eigenvalue weighted by Gasteiger charge is -2.08. The molecule has 15 heavy (non-hydrogen) atoms. The number of rotatable bonds is 6. The van der Waals surface area contributed by atoms with Crippen LogP contribution in [0.5, 0.6) is 0 Å². The molecule has 4 N–H and O–H groups in total. The van der Waals surface area contributed by atoms with Crippen molar-refractivity contribution < 1.29 is 4.79 Å². The van der Waals surface area contributed by atoms with Gasteiger partial charge in [-0.1, -0.05) is 6.92 Å². The summed E-state index contributed by atoms with van der Waals surface area (Å²) in [5.74, 6) is 0.763. The predicted molar refractivity (Wildman–Crippen MR) is 56.0 cm³/mol. The summed E-state index contributed by atoms with van der Waals surface area (Å²) >= 11 is 0. The Bertz CT molecular complexity index is 285. The van der Waals surface area contributed by atoms with Crippen molar-refractivity contribution in [2.24, 2.45) is 5.73 Å². The molecule has 1 heterocycles. The molecule has 1 aromatic rings. The van der Waals surface area contributed by atoms with Gasteiger partial charge in [-0.05, 0) is 6.42 Å². The number of aromatic amines is 1. The number of hydrogen-bond donors (Lipinski definition) is 3. The Labute approximate surface area is 88.7 Å². The van der Waals surface area contributed by atoms with Crippen molar-refractivity contribution in [1.29, 1.82) is 0 Å². The number of carbonyl (C=O) groups is 1. The Balaban J connectivity index is 2.12. The van der Waals surface area contributed by atoms with Crippen LogP contribution in [0.25, 0.3) is 0 Å². The summed E-state index contributed by atoms with van der Waals surface area (Å²) in [5, 5.41) is 9.22. The minimum absolute atomic E-state index is 0.0103. The van der Waals surface area contributed by atoms with Gasteiger partial charge in [0.2, 0.25) is 5.91 Å². The Hall–Kier alpha value is -1.43. The average molecular weight is 211 g/mol. The second-order valence-electron chi connectivity index (χ2n) is 3.40. The Morgan fingerprint density at radius 2 is 2.53 bits per heavy atom. The van der Waals surface area contributed by atoms with Gasteiger partial charge in [-0.2, -0.15) is 5.10 Å². The summed E-state index contributed by atoms with van der Waals surface area (Å²) in [6.45, 7) is 2.52. The zero-order valence-corrected chi connectivity index (χ0v) is 8.86. The smallest absolute Gasteiger partial charge is 0.221 e. The van der Waals surface area contributed by atoms with E-state index in [2.05, 4.69) is 20.5 Å². The number of hydrogen-bond acceptors (Lipinski definition) is 4. The molecule has 0 aliphatic carbocycles. The first-order valence-corrected chi connectivity index (χ1v) is 5.09. The number of amides is 1. The molecule has 1 amide bonds. The minimum atomic E-state index is -0.0460. The second-order valence-corrected chi connectivity index (χ2v) is 3.40. The SMILES string of the molecule is CCC(N)CC(=O)NCCc1ncn[nH]1. The van der Waals surface area contributed by atoms with Crippen LogP contribution in [0, 0.1) is 0 Å². The van der Waals surface area contributed by atoms with E-state index in [9.17, 15) is 4.79 Å². The quantitative estimate of drug-likeness (QED) is 0.596. The van der Waals surface area contributed by atoms with Crippen molar-refractivity contribution in [2.45, 2.75) is 32.2 Å². The van der Waals surface area contributed by atoms with E-state index in [1.165, 1.54) is 6.33 Å². The van der Waals surface area contributed by atoms with Crippen molar-refractivity contribution >= 4 is 5.91 Å². The van der Waals surface area contributed by atoms with Gasteiger partial charge in [0, 0.05) is 25.4 Å². The van der Waals surface area contributed by atoms with Crippen LogP contribution in [0.1, 0.15) is 25.6 Å². The molecule has 6 heteroatoms. The van der Waals surface area contributed by atoms with Crippen LogP contribution in [0.2, 0.25) is 0 Å². The van der Waals surface area contributed by atoms with Gasteiger partial charge < -0.3 is 11.1 Å². The third kappa shape index (κ3) is 4.55. The van der Waals surface area contributed by atoms with E-state index in [1.54, 1.807) is 0 Å². The molecule has 0 saturated heterocycles. The van der Waals surface area contributed by atoms with Gasteiger partial charge in [0.25, 0.3) is 0 Å². The normalized spacial score (nSPS) is 12.4. The molecule has 1 unspecified atom stereocenters. The second kappa shape index (κ2) is 6.13. The van der Waals surface area contributed by atoms with Gasteiger partial charge >= 0.3 is 0 Å². The molecule has 0 bridgehead atoms. The molecule has 0 aromatic carbocycles. The highest BCUT2D eigenvalue weighted by Crippen LogP contribution is 1.93.